The van der Waals surface area contributed by atoms with Crippen LogP contribution in [0.2, 0.25) is 0 Å². The molecule has 5 heterocycles. The van der Waals surface area contributed by atoms with E-state index in [1.165, 1.54) is 23.1 Å². The number of para-hydroxylation sites is 1. The molecule has 0 bridgehead atoms. The number of benzene rings is 4. The van der Waals surface area contributed by atoms with Crippen molar-refractivity contribution in [2.45, 2.75) is 95.2 Å². The van der Waals surface area contributed by atoms with E-state index in [1.54, 1.807) is 56.1 Å². The van der Waals surface area contributed by atoms with Crippen LogP contribution in [0.25, 0.3) is 0 Å². The number of hydrogen-bond donors (Lipinski definition) is 5. The first-order chi connectivity index (χ1) is 36.0. The summed E-state index contributed by atoms with van der Waals surface area (Å²) in [4.78, 5) is 80.5. The summed E-state index contributed by atoms with van der Waals surface area (Å²) >= 11 is 0. The van der Waals surface area contributed by atoms with Gasteiger partial charge in [-0.3, -0.25) is 33.8 Å². The molecule has 7 atom stereocenters. The molecule has 0 aromatic heterocycles. The number of amides is 5. The fourth-order valence-corrected chi connectivity index (χ4v) is 11.2. The van der Waals surface area contributed by atoms with Crippen molar-refractivity contribution >= 4 is 46.6 Å². The molecule has 19 heteroatoms. The SMILES string of the molecule is CNC(C)C(=O)NC(C(=O)N1Cc2ccc(NC(=O)[C@@]3(C)CN(C(=O)CN4C[C@@H](C)NC[C@@H]4CN4CCOC[C@H]4C)c4cc(Cc5ccc(F)cc5)ccc43)cc2[C@H]1C(=O)Nc1c(F)cccc1F)C1CCOCC1. The Morgan fingerprint density at radius 2 is 1.60 bits per heavy atom. The number of nitrogens with one attached hydrogen (secondary N) is 5. The summed E-state index contributed by atoms with van der Waals surface area (Å²) in [5.74, 6) is -5.22. The van der Waals surface area contributed by atoms with Crippen LogP contribution in [0.15, 0.2) is 78.9 Å². The number of ether oxygens (including phenoxy) is 2. The molecule has 0 saturated carbocycles. The van der Waals surface area contributed by atoms with Crippen molar-refractivity contribution in [3.63, 3.8) is 0 Å². The summed E-state index contributed by atoms with van der Waals surface area (Å²) < 4.78 is 55.5. The molecule has 5 amide bonds. The summed E-state index contributed by atoms with van der Waals surface area (Å²) in [6.45, 7) is 12.7. The number of nitrogens with zero attached hydrogens (tertiary/aromatic N) is 4. The molecule has 5 aliphatic heterocycles. The third-order valence-corrected chi connectivity index (χ3v) is 15.8. The molecule has 0 spiro atoms. The van der Waals surface area contributed by atoms with Gasteiger partial charge in [0, 0.05) is 82.0 Å². The third-order valence-electron chi connectivity index (χ3n) is 15.8. The molecule has 75 heavy (non-hydrogen) atoms. The Balaban J connectivity index is 1.02. The molecule has 400 valence electrons. The molecule has 3 saturated heterocycles. The highest BCUT2D eigenvalue weighted by Gasteiger charge is 2.49. The van der Waals surface area contributed by atoms with Gasteiger partial charge >= 0.3 is 0 Å². The average molecular weight is 1040 g/mol. The molecule has 4 aromatic rings. The van der Waals surface area contributed by atoms with Gasteiger partial charge in [-0.1, -0.05) is 36.4 Å². The molecule has 5 N–H and O–H groups in total. The smallest absolute Gasteiger partial charge is 0.252 e. The predicted octanol–water partition coefficient (Wildman–Crippen LogP) is 4.86. The van der Waals surface area contributed by atoms with Gasteiger partial charge in [0.25, 0.3) is 5.91 Å². The van der Waals surface area contributed by atoms with E-state index in [0.29, 0.717) is 81.2 Å². The summed E-state index contributed by atoms with van der Waals surface area (Å²) in [6, 6.07) is 17.4. The predicted molar refractivity (Wildman–Crippen MR) is 277 cm³/mol. The highest BCUT2D eigenvalue weighted by molar-refractivity contribution is 6.07. The number of carbonyl (C=O) groups is 5. The molecule has 3 fully saturated rings. The molecule has 16 nitrogen and oxygen atoms in total. The standard InChI is InChI=1S/C56H68F3N9O7/c1-33-27-66(42(26-61-33)29-65-19-22-75-31-34(65)2)30-48(69)68-32-56(4,44-16-11-37(24-47(44)68)23-36-9-13-40(57)14-10-36)55(73)62-41-15-12-39-28-67(51(43(39)25-41)53(71)64-50-45(58)7-6-8-46(50)59)54(72)49(38-17-20-74-21-18-38)63-52(70)35(3)60-5/h6-16,24-25,33-35,38,42,49,51,60-61H,17-23,26-32H2,1-5H3,(H,62,73)(H,63,70)(H,64,71)/t33-,34-,35?,42-,49?,51+,56+/m1/s1. The van der Waals surface area contributed by atoms with E-state index in [4.69, 9.17) is 9.47 Å². The Kier molecular flexibility index (Phi) is 16.4. The number of rotatable bonds is 15. The molecular weight excluding hydrogens is 968 g/mol. The van der Waals surface area contributed by atoms with Crippen molar-refractivity contribution in [1.82, 2.24) is 30.7 Å². The highest BCUT2D eigenvalue weighted by Crippen LogP contribution is 2.44. The zero-order chi connectivity index (χ0) is 53.1. The second-order valence-corrected chi connectivity index (χ2v) is 21.0. The minimum absolute atomic E-state index is 0.0117. The lowest BCUT2D eigenvalue weighted by atomic mass is 9.82. The minimum Gasteiger partial charge on any atom is -0.381 e. The highest BCUT2D eigenvalue weighted by atomic mass is 19.1. The van der Waals surface area contributed by atoms with E-state index < -0.39 is 64.5 Å². The number of hydrogen-bond acceptors (Lipinski definition) is 11. The van der Waals surface area contributed by atoms with Crippen molar-refractivity contribution < 1.29 is 46.6 Å². The fourth-order valence-electron chi connectivity index (χ4n) is 11.2. The Morgan fingerprint density at radius 3 is 2.32 bits per heavy atom. The van der Waals surface area contributed by atoms with E-state index >= 15 is 13.6 Å². The van der Waals surface area contributed by atoms with Crippen LogP contribution in [0.5, 0.6) is 0 Å². The van der Waals surface area contributed by atoms with Crippen LogP contribution in [0.4, 0.5) is 30.2 Å². The zero-order valence-corrected chi connectivity index (χ0v) is 43.2. The van der Waals surface area contributed by atoms with Crippen LogP contribution < -0.4 is 31.5 Å². The van der Waals surface area contributed by atoms with E-state index in [-0.39, 0.29) is 61.1 Å². The monoisotopic (exact) mass is 1040 g/mol. The largest absolute Gasteiger partial charge is 0.381 e. The molecule has 0 radical (unpaired) electrons. The van der Waals surface area contributed by atoms with Gasteiger partial charge in [-0.15, -0.1) is 0 Å². The van der Waals surface area contributed by atoms with Gasteiger partial charge < -0.3 is 45.9 Å². The Hall–Kier alpha value is -6.22. The molecule has 5 aliphatic rings. The summed E-state index contributed by atoms with van der Waals surface area (Å²) in [5.41, 5.74) is 2.10. The van der Waals surface area contributed by atoms with Gasteiger partial charge in [-0.25, -0.2) is 13.2 Å². The van der Waals surface area contributed by atoms with Crippen molar-refractivity contribution in [1.29, 1.82) is 0 Å². The molecule has 4 aromatic carbocycles. The lowest BCUT2D eigenvalue weighted by Gasteiger charge is -2.43. The maximum atomic E-state index is 15.1. The van der Waals surface area contributed by atoms with Crippen LogP contribution >= 0.6 is 0 Å². The second-order valence-electron chi connectivity index (χ2n) is 21.0. The van der Waals surface area contributed by atoms with Gasteiger partial charge in [0.15, 0.2) is 0 Å². The van der Waals surface area contributed by atoms with Crippen molar-refractivity contribution in [3.05, 3.63) is 124 Å². The van der Waals surface area contributed by atoms with Gasteiger partial charge in [-0.05, 0) is 130 Å². The topological polar surface area (TPSA) is 177 Å². The van der Waals surface area contributed by atoms with E-state index in [1.807, 2.05) is 18.2 Å². The van der Waals surface area contributed by atoms with Crippen LogP contribution in [0, 0.1) is 23.4 Å². The first-order valence-electron chi connectivity index (χ1n) is 26.0. The van der Waals surface area contributed by atoms with Gasteiger partial charge in [0.05, 0.1) is 31.2 Å². The number of anilines is 3. The molecule has 0 aliphatic carbocycles. The Morgan fingerprint density at radius 1 is 0.867 bits per heavy atom. The third kappa shape index (κ3) is 11.6. The van der Waals surface area contributed by atoms with Crippen LogP contribution in [-0.4, -0.2) is 147 Å². The van der Waals surface area contributed by atoms with Crippen LogP contribution in [-0.2, 0) is 51.8 Å². The quantitative estimate of drug-likeness (QED) is 0.110. The lowest BCUT2D eigenvalue weighted by molar-refractivity contribution is -0.144. The summed E-state index contributed by atoms with van der Waals surface area (Å²) in [6.07, 6.45) is 1.38. The van der Waals surface area contributed by atoms with E-state index in [0.717, 1.165) is 36.3 Å². The molecule has 2 unspecified atom stereocenters. The molecular formula is C56H68F3N9O7. The average Bonchev–Trinajstić information content (AvgIpc) is 3.95. The van der Waals surface area contributed by atoms with Crippen molar-refractivity contribution in [3.8, 4) is 0 Å². The Labute approximate surface area is 436 Å². The van der Waals surface area contributed by atoms with Gasteiger partial charge in [-0.2, -0.15) is 0 Å². The number of piperazine rings is 1. The maximum absolute atomic E-state index is 15.1. The first-order valence-corrected chi connectivity index (χ1v) is 26.0. The van der Waals surface area contributed by atoms with Crippen molar-refractivity contribution in [2.75, 3.05) is 88.3 Å². The Bertz CT molecular complexity index is 2760. The molecule has 9 rings (SSSR count). The second kappa shape index (κ2) is 22.9. The van der Waals surface area contributed by atoms with Gasteiger partial charge in [0.1, 0.15) is 35.2 Å². The van der Waals surface area contributed by atoms with Crippen LogP contribution in [0.3, 0.4) is 0 Å². The number of likely N-dealkylation sites (N-methyl/N-ethyl adjacent to an activating group) is 1. The van der Waals surface area contributed by atoms with E-state index in [2.05, 4.69) is 50.2 Å². The minimum atomic E-state index is -1.44. The lowest BCUT2D eigenvalue weighted by Crippen LogP contribution is -2.62. The van der Waals surface area contributed by atoms with Crippen LogP contribution in [0.1, 0.15) is 74.4 Å². The summed E-state index contributed by atoms with van der Waals surface area (Å²) in [5, 5.41) is 14.9. The number of halogens is 3. The maximum Gasteiger partial charge on any atom is 0.252 e. The van der Waals surface area contributed by atoms with Crippen molar-refractivity contribution in [2.24, 2.45) is 5.92 Å². The number of carbonyl (C=O) groups excluding carboxylic acids is 5. The fraction of sp³-hybridized carbons (Fsp3) is 0.482. The number of fused-ring (bicyclic) bond motifs is 2. The normalized spacial score (nSPS) is 24.0. The number of morpholine rings is 1. The zero-order valence-electron chi connectivity index (χ0n) is 43.2. The first kappa shape index (κ1) is 53.6. The summed E-state index contributed by atoms with van der Waals surface area (Å²) in [7, 11) is 1.62. The van der Waals surface area contributed by atoms with E-state index in [9.17, 15) is 23.6 Å². The van der Waals surface area contributed by atoms with Gasteiger partial charge in [0.2, 0.25) is 23.6 Å².